The summed E-state index contributed by atoms with van der Waals surface area (Å²) in [5.74, 6) is 1.24. The van der Waals surface area contributed by atoms with Crippen LogP contribution in [0, 0.1) is 0 Å². The van der Waals surface area contributed by atoms with E-state index in [1.807, 2.05) is 31.2 Å². The molecule has 0 heterocycles. The molecular weight excluding hydrogens is 344 g/mol. The maximum absolute atomic E-state index is 12.4. The van der Waals surface area contributed by atoms with Crippen molar-refractivity contribution in [3.05, 3.63) is 54.1 Å². The van der Waals surface area contributed by atoms with E-state index in [2.05, 4.69) is 5.32 Å². The smallest absolute Gasteiger partial charge is 0.243 e. The van der Waals surface area contributed by atoms with E-state index in [4.69, 9.17) is 9.47 Å². The minimum atomic E-state index is -0.222. The zero-order valence-electron chi connectivity index (χ0n) is 16.0. The molecular formula is C21H26N2O4. The first-order chi connectivity index (χ1) is 13.0. The van der Waals surface area contributed by atoms with E-state index in [0.29, 0.717) is 25.1 Å². The van der Waals surface area contributed by atoms with Crippen molar-refractivity contribution in [2.75, 3.05) is 32.6 Å². The van der Waals surface area contributed by atoms with Gasteiger partial charge in [0, 0.05) is 18.7 Å². The van der Waals surface area contributed by atoms with Crippen LogP contribution in [0.3, 0.4) is 0 Å². The van der Waals surface area contributed by atoms with E-state index < -0.39 is 0 Å². The molecule has 0 spiro atoms. The van der Waals surface area contributed by atoms with E-state index in [-0.39, 0.29) is 18.4 Å². The quantitative estimate of drug-likeness (QED) is 0.736. The Hall–Kier alpha value is -3.02. The van der Waals surface area contributed by atoms with Crippen molar-refractivity contribution in [3.63, 3.8) is 0 Å². The summed E-state index contributed by atoms with van der Waals surface area (Å²) >= 11 is 0. The van der Waals surface area contributed by atoms with Crippen molar-refractivity contribution in [3.8, 4) is 11.5 Å². The monoisotopic (exact) mass is 370 g/mol. The highest BCUT2D eigenvalue weighted by Crippen LogP contribution is 2.15. The van der Waals surface area contributed by atoms with Crippen LogP contribution in [0.5, 0.6) is 11.5 Å². The van der Waals surface area contributed by atoms with Crippen LogP contribution in [0.2, 0.25) is 0 Å². The van der Waals surface area contributed by atoms with Gasteiger partial charge in [0.2, 0.25) is 11.8 Å². The van der Waals surface area contributed by atoms with Crippen LogP contribution in [0.15, 0.2) is 48.5 Å². The largest absolute Gasteiger partial charge is 0.497 e. The van der Waals surface area contributed by atoms with Crippen molar-refractivity contribution in [1.29, 1.82) is 0 Å². The SMILES string of the molecule is CCN(CC(=O)Nc1ccc(OC)cc1)C(=O)CCc1ccc(OC)cc1. The second-order valence-corrected chi connectivity index (χ2v) is 6.03. The van der Waals surface area contributed by atoms with E-state index in [0.717, 1.165) is 17.1 Å². The molecule has 0 fully saturated rings. The Labute approximate surface area is 160 Å². The number of hydrogen-bond acceptors (Lipinski definition) is 4. The molecule has 0 aliphatic carbocycles. The molecule has 1 N–H and O–H groups in total. The van der Waals surface area contributed by atoms with Gasteiger partial charge in [-0.15, -0.1) is 0 Å². The average molecular weight is 370 g/mol. The molecule has 2 rings (SSSR count). The topological polar surface area (TPSA) is 67.9 Å². The summed E-state index contributed by atoms with van der Waals surface area (Å²) in [5, 5.41) is 2.80. The predicted octanol–water partition coefficient (Wildman–Crippen LogP) is 3.12. The van der Waals surface area contributed by atoms with Crippen LogP contribution in [0.4, 0.5) is 5.69 Å². The molecule has 0 atom stereocenters. The van der Waals surface area contributed by atoms with Crippen LogP contribution in [-0.4, -0.2) is 44.0 Å². The van der Waals surface area contributed by atoms with Crippen molar-refractivity contribution in [2.45, 2.75) is 19.8 Å². The number of aryl methyl sites for hydroxylation is 1. The zero-order chi connectivity index (χ0) is 19.6. The zero-order valence-corrected chi connectivity index (χ0v) is 16.0. The second-order valence-electron chi connectivity index (χ2n) is 6.03. The predicted molar refractivity (Wildman–Crippen MR) is 105 cm³/mol. The van der Waals surface area contributed by atoms with Crippen LogP contribution >= 0.6 is 0 Å². The average Bonchev–Trinajstić information content (AvgIpc) is 2.71. The minimum Gasteiger partial charge on any atom is -0.497 e. The van der Waals surface area contributed by atoms with Crippen molar-refractivity contribution in [2.24, 2.45) is 0 Å². The van der Waals surface area contributed by atoms with E-state index in [9.17, 15) is 9.59 Å². The second kappa shape index (κ2) is 10.2. The molecule has 144 valence electrons. The van der Waals surface area contributed by atoms with Gasteiger partial charge in [0.1, 0.15) is 11.5 Å². The number of rotatable bonds is 9. The summed E-state index contributed by atoms with van der Waals surface area (Å²) in [5.41, 5.74) is 1.73. The van der Waals surface area contributed by atoms with Gasteiger partial charge < -0.3 is 19.7 Å². The molecule has 0 aromatic heterocycles. The molecule has 6 heteroatoms. The maximum atomic E-state index is 12.4. The van der Waals surface area contributed by atoms with Crippen LogP contribution in [0.25, 0.3) is 0 Å². The van der Waals surface area contributed by atoms with Gasteiger partial charge in [-0.1, -0.05) is 12.1 Å². The highest BCUT2D eigenvalue weighted by Gasteiger charge is 2.15. The molecule has 6 nitrogen and oxygen atoms in total. The minimum absolute atomic E-state index is 0.0317. The fraction of sp³-hybridized carbons (Fsp3) is 0.333. The Bertz CT molecular complexity index is 742. The Kier molecular flexibility index (Phi) is 7.67. The van der Waals surface area contributed by atoms with Crippen molar-refractivity contribution < 1.29 is 19.1 Å². The Morgan fingerprint density at radius 3 is 2.00 bits per heavy atom. The summed E-state index contributed by atoms with van der Waals surface area (Å²) in [6.07, 6.45) is 0.982. The molecule has 0 aliphatic heterocycles. The van der Waals surface area contributed by atoms with Crippen LogP contribution in [0.1, 0.15) is 18.9 Å². The number of benzene rings is 2. The van der Waals surface area contributed by atoms with Gasteiger partial charge in [-0.05, 0) is 55.3 Å². The lowest BCUT2D eigenvalue weighted by Crippen LogP contribution is -2.38. The summed E-state index contributed by atoms with van der Waals surface area (Å²) in [4.78, 5) is 26.2. The van der Waals surface area contributed by atoms with Gasteiger partial charge in [0.25, 0.3) is 0 Å². The maximum Gasteiger partial charge on any atom is 0.243 e. The highest BCUT2D eigenvalue weighted by atomic mass is 16.5. The third-order valence-electron chi connectivity index (χ3n) is 4.23. The number of carbonyl (C=O) groups is 2. The van der Waals surface area contributed by atoms with E-state index in [1.54, 1.807) is 43.4 Å². The fourth-order valence-corrected chi connectivity index (χ4v) is 2.63. The highest BCUT2D eigenvalue weighted by molar-refractivity contribution is 5.94. The fourth-order valence-electron chi connectivity index (χ4n) is 2.63. The number of amides is 2. The number of nitrogens with one attached hydrogen (secondary N) is 1. The first-order valence-corrected chi connectivity index (χ1v) is 8.90. The number of likely N-dealkylation sites (N-methyl/N-ethyl adjacent to an activating group) is 1. The lowest BCUT2D eigenvalue weighted by molar-refractivity contribution is -0.134. The van der Waals surface area contributed by atoms with Gasteiger partial charge in [-0.3, -0.25) is 9.59 Å². The third-order valence-corrected chi connectivity index (χ3v) is 4.23. The summed E-state index contributed by atoms with van der Waals surface area (Å²) in [6.45, 7) is 2.38. The van der Waals surface area contributed by atoms with Crippen LogP contribution in [-0.2, 0) is 16.0 Å². The molecule has 0 saturated carbocycles. The van der Waals surface area contributed by atoms with E-state index >= 15 is 0 Å². The lowest BCUT2D eigenvalue weighted by Gasteiger charge is -2.20. The number of methoxy groups -OCH3 is 2. The van der Waals surface area contributed by atoms with Crippen molar-refractivity contribution >= 4 is 17.5 Å². The first kappa shape index (κ1) is 20.3. The Balaban J connectivity index is 1.84. The van der Waals surface area contributed by atoms with Gasteiger partial charge in [-0.2, -0.15) is 0 Å². The van der Waals surface area contributed by atoms with Gasteiger partial charge >= 0.3 is 0 Å². The molecule has 0 radical (unpaired) electrons. The summed E-state index contributed by atoms with van der Waals surface area (Å²) in [7, 11) is 3.21. The Morgan fingerprint density at radius 2 is 1.48 bits per heavy atom. The van der Waals surface area contributed by atoms with E-state index in [1.165, 1.54) is 0 Å². The van der Waals surface area contributed by atoms with Gasteiger partial charge in [0.15, 0.2) is 0 Å². The molecule has 0 saturated heterocycles. The summed E-state index contributed by atoms with van der Waals surface area (Å²) < 4.78 is 10.2. The number of hydrogen-bond donors (Lipinski definition) is 1. The number of ether oxygens (including phenoxy) is 2. The number of anilines is 1. The number of carbonyl (C=O) groups excluding carboxylic acids is 2. The third kappa shape index (κ3) is 6.33. The summed E-state index contributed by atoms with van der Waals surface area (Å²) in [6, 6.07) is 14.7. The molecule has 2 aromatic carbocycles. The molecule has 0 aliphatic rings. The lowest BCUT2D eigenvalue weighted by atomic mass is 10.1. The van der Waals surface area contributed by atoms with Gasteiger partial charge in [0.05, 0.1) is 20.8 Å². The molecule has 2 aromatic rings. The normalized spacial score (nSPS) is 10.2. The molecule has 0 unspecified atom stereocenters. The molecule has 27 heavy (non-hydrogen) atoms. The standard InChI is InChI=1S/C21H26N2O4/c1-4-23(15-20(24)22-17-8-12-19(27-3)13-9-17)21(25)14-7-16-5-10-18(26-2)11-6-16/h5-6,8-13H,4,7,14-15H2,1-3H3,(H,22,24). The van der Waals surface area contributed by atoms with Crippen LogP contribution < -0.4 is 14.8 Å². The number of nitrogens with zero attached hydrogens (tertiary/aromatic N) is 1. The van der Waals surface area contributed by atoms with Gasteiger partial charge in [-0.25, -0.2) is 0 Å². The van der Waals surface area contributed by atoms with Crippen molar-refractivity contribution in [1.82, 2.24) is 4.90 Å². The molecule has 2 amide bonds. The first-order valence-electron chi connectivity index (χ1n) is 8.90. The Morgan fingerprint density at radius 1 is 0.926 bits per heavy atom. The molecule has 0 bridgehead atoms.